The van der Waals surface area contributed by atoms with Gasteiger partial charge in [0, 0.05) is 19.3 Å². The fourth-order valence-corrected chi connectivity index (χ4v) is 9.46. The van der Waals surface area contributed by atoms with Crippen LogP contribution in [0.15, 0.2) is 109 Å². The lowest BCUT2D eigenvalue weighted by Crippen LogP contribution is -2.30. The maximum absolute atomic E-state index is 13.0. The van der Waals surface area contributed by atoms with Crippen molar-refractivity contribution >= 4 is 17.9 Å². The first-order chi connectivity index (χ1) is 39.5. The van der Waals surface area contributed by atoms with E-state index < -0.39 is 6.10 Å². The van der Waals surface area contributed by atoms with Crippen LogP contribution in [0.25, 0.3) is 0 Å². The van der Waals surface area contributed by atoms with E-state index in [9.17, 15) is 14.4 Å². The minimum atomic E-state index is -0.807. The smallest absolute Gasteiger partial charge is 0.306 e. The van der Waals surface area contributed by atoms with Crippen LogP contribution >= 0.6 is 0 Å². The summed E-state index contributed by atoms with van der Waals surface area (Å²) in [5, 5.41) is 0. The molecule has 6 nitrogen and oxygen atoms in total. The van der Waals surface area contributed by atoms with Gasteiger partial charge in [0.2, 0.25) is 0 Å². The summed E-state index contributed by atoms with van der Waals surface area (Å²) in [6.07, 6.45) is 92.5. The van der Waals surface area contributed by atoms with Gasteiger partial charge in [-0.25, -0.2) is 0 Å². The molecular formula is C74H126O6. The van der Waals surface area contributed by atoms with Crippen molar-refractivity contribution in [3.63, 3.8) is 0 Å². The summed E-state index contributed by atoms with van der Waals surface area (Å²) in [5.74, 6) is -0.955. The average molecular weight is 1110 g/mol. The summed E-state index contributed by atoms with van der Waals surface area (Å²) < 4.78 is 16.9. The van der Waals surface area contributed by atoms with Gasteiger partial charge >= 0.3 is 17.9 Å². The molecule has 0 saturated carbocycles. The maximum atomic E-state index is 13.0. The van der Waals surface area contributed by atoms with Crippen molar-refractivity contribution in [2.45, 2.75) is 329 Å². The van der Waals surface area contributed by atoms with Crippen LogP contribution in [-0.2, 0) is 28.6 Å². The molecule has 0 aliphatic rings. The highest BCUT2D eigenvalue weighted by molar-refractivity contribution is 5.71. The largest absolute Gasteiger partial charge is 0.462 e. The molecule has 0 saturated heterocycles. The van der Waals surface area contributed by atoms with Crippen molar-refractivity contribution in [3.05, 3.63) is 109 Å². The number of carbonyl (C=O) groups is 3. The van der Waals surface area contributed by atoms with E-state index in [0.29, 0.717) is 19.3 Å². The van der Waals surface area contributed by atoms with Crippen LogP contribution in [0.2, 0.25) is 0 Å². The monoisotopic (exact) mass is 1110 g/mol. The van der Waals surface area contributed by atoms with Gasteiger partial charge in [-0.3, -0.25) is 14.4 Å². The Bertz CT molecular complexity index is 1610. The second-order valence-corrected chi connectivity index (χ2v) is 22.4. The molecule has 0 amide bonds. The molecule has 80 heavy (non-hydrogen) atoms. The molecule has 0 N–H and O–H groups in total. The number of esters is 3. The molecule has 0 spiro atoms. The predicted molar refractivity (Wildman–Crippen MR) is 348 cm³/mol. The van der Waals surface area contributed by atoms with Crippen LogP contribution in [0.4, 0.5) is 0 Å². The summed E-state index contributed by atoms with van der Waals surface area (Å²) in [7, 11) is 0. The molecule has 0 aliphatic carbocycles. The Morgan fingerprint density at radius 3 is 0.825 bits per heavy atom. The summed E-state index contributed by atoms with van der Waals surface area (Å²) in [6.45, 7) is 6.49. The van der Waals surface area contributed by atoms with Gasteiger partial charge in [0.15, 0.2) is 6.10 Å². The minimum Gasteiger partial charge on any atom is -0.462 e. The van der Waals surface area contributed by atoms with E-state index in [4.69, 9.17) is 14.2 Å². The lowest BCUT2D eigenvalue weighted by atomic mass is 10.0. The quantitative estimate of drug-likeness (QED) is 0.0261. The summed E-state index contributed by atoms with van der Waals surface area (Å²) >= 11 is 0. The number of hydrogen-bond donors (Lipinski definition) is 0. The molecule has 6 heteroatoms. The SMILES string of the molecule is CC/C=C\C/C=C\C/C=C\C/C=C\C/C=C\C/C=C\C/C=C\CCCC(=O)OCC(COC(=O)CCCCCCCCC/C=C\C/C=C\CCCCCC)OC(=O)CCCCCCCCCCCCCCCCCCCCCCC. The molecule has 0 heterocycles. The first-order valence-electron chi connectivity index (χ1n) is 33.9. The van der Waals surface area contributed by atoms with E-state index in [1.54, 1.807) is 0 Å². The van der Waals surface area contributed by atoms with Crippen molar-refractivity contribution in [2.24, 2.45) is 0 Å². The Morgan fingerprint density at radius 1 is 0.263 bits per heavy atom. The molecule has 0 aromatic heterocycles. The van der Waals surface area contributed by atoms with Gasteiger partial charge in [-0.2, -0.15) is 0 Å². The van der Waals surface area contributed by atoms with Crippen molar-refractivity contribution in [2.75, 3.05) is 13.2 Å². The van der Waals surface area contributed by atoms with Crippen LogP contribution in [0, 0.1) is 0 Å². The van der Waals surface area contributed by atoms with E-state index in [0.717, 1.165) is 103 Å². The third kappa shape index (κ3) is 64.9. The van der Waals surface area contributed by atoms with E-state index in [1.165, 1.54) is 173 Å². The van der Waals surface area contributed by atoms with E-state index >= 15 is 0 Å². The molecule has 0 bridgehead atoms. The molecular weight excluding hydrogens is 985 g/mol. The first-order valence-corrected chi connectivity index (χ1v) is 33.9. The zero-order valence-electron chi connectivity index (χ0n) is 52.6. The van der Waals surface area contributed by atoms with Crippen LogP contribution in [0.1, 0.15) is 323 Å². The predicted octanol–water partition coefficient (Wildman–Crippen LogP) is 23.4. The minimum absolute atomic E-state index is 0.0989. The van der Waals surface area contributed by atoms with E-state index in [-0.39, 0.29) is 37.5 Å². The molecule has 1 atom stereocenters. The molecule has 0 aliphatic heterocycles. The van der Waals surface area contributed by atoms with E-state index in [1.807, 2.05) is 0 Å². The topological polar surface area (TPSA) is 78.9 Å². The first kappa shape index (κ1) is 76.1. The van der Waals surface area contributed by atoms with Gasteiger partial charge in [0.1, 0.15) is 13.2 Å². The Labute approximate surface area is 495 Å². The van der Waals surface area contributed by atoms with E-state index in [2.05, 4.69) is 130 Å². The van der Waals surface area contributed by atoms with Crippen molar-refractivity contribution in [1.29, 1.82) is 0 Å². The van der Waals surface area contributed by atoms with Gasteiger partial charge in [-0.1, -0.05) is 310 Å². The zero-order chi connectivity index (χ0) is 57.8. The molecule has 0 fully saturated rings. The number of hydrogen-bond acceptors (Lipinski definition) is 6. The van der Waals surface area contributed by atoms with Crippen molar-refractivity contribution < 1.29 is 28.6 Å². The van der Waals surface area contributed by atoms with Crippen LogP contribution in [-0.4, -0.2) is 37.2 Å². The molecule has 0 rings (SSSR count). The Hall–Kier alpha value is -3.93. The molecule has 458 valence electrons. The van der Waals surface area contributed by atoms with Gasteiger partial charge < -0.3 is 14.2 Å². The number of unbranched alkanes of at least 4 members (excludes halogenated alkanes) is 32. The zero-order valence-corrected chi connectivity index (χ0v) is 52.6. The third-order valence-electron chi connectivity index (χ3n) is 14.5. The number of rotatable bonds is 61. The lowest BCUT2D eigenvalue weighted by molar-refractivity contribution is -0.167. The number of carbonyl (C=O) groups excluding carboxylic acids is 3. The van der Waals surface area contributed by atoms with Crippen molar-refractivity contribution in [3.8, 4) is 0 Å². The summed E-state index contributed by atoms with van der Waals surface area (Å²) in [6, 6.07) is 0. The fourth-order valence-electron chi connectivity index (χ4n) is 9.46. The van der Waals surface area contributed by atoms with Gasteiger partial charge in [0.05, 0.1) is 0 Å². The standard InChI is InChI=1S/C74H126O6/c1-4-7-10-13-16-19-22-25-28-31-34-36-37-39-40-43-46-49-52-55-58-61-64-67-73(76)79-70-71(69-78-72(75)66-63-60-57-54-51-48-45-42-33-30-27-24-21-18-15-12-9-6-3)80-74(77)68-65-62-59-56-53-50-47-44-41-38-35-32-29-26-23-20-17-14-11-8-5-2/h7,10,16,19,21,24-25,28,30,33-34,36,39-40,46,49,55,58,71H,4-6,8-9,11-15,17-18,20,22-23,26-27,29,31-32,35,37-38,41-45,47-48,50-54,56-57,59-70H2,1-3H3/b10-7-,19-16-,24-21-,28-25-,33-30-,36-34-,40-39-,49-46-,58-55-. The maximum Gasteiger partial charge on any atom is 0.306 e. The normalized spacial score (nSPS) is 12.8. The Morgan fingerprint density at radius 2 is 0.500 bits per heavy atom. The molecule has 0 aromatic carbocycles. The third-order valence-corrected chi connectivity index (χ3v) is 14.5. The van der Waals surface area contributed by atoms with Gasteiger partial charge in [0.25, 0.3) is 0 Å². The van der Waals surface area contributed by atoms with Crippen LogP contribution in [0.3, 0.4) is 0 Å². The van der Waals surface area contributed by atoms with Crippen LogP contribution < -0.4 is 0 Å². The highest BCUT2D eigenvalue weighted by Gasteiger charge is 2.19. The number of allylic oxidation sites excluding steroid dienone is 18. The van der Waals surface area contributed by atoms with Crippen molar-refractivity contribution in [1.82, 2.24) is 0 Å². The average Bonchev–Trinajstić information content (AvgIpc) is 3.46. The molecule has 1 unspecified atom stereocenters. The summed E-state index contributed by atoms with van der Waals surface area (Å²) in [5.41, 5.74) is 0. The second kappa shape index (κ2) is 67.6. The Kier molecular flexibility index (Phi) is 64.3. The number of ether oxygens (including phenoxy) is 3. The summed E-state index contributed by atoms with van der Waals surface area (Å²) in [4.78, 5) is 38.4. The molecule has 0 radical (unpaired) electrons. The highest BCUT2D eigenvalue weighted by atomic mass is 16.6. The Balaban J connectivity index is 4.47. The van der Waals surface area contributed by atoms with Crippen LogP contribution in [0.5, 0.6) is 0 Å². The van der Waals surface area contributed by atoms with Gasteiger partial charge in [-0.15, -0.1) is 0 Å². The molecule has 0 aromatic rings. The van der Waals surface area contributed by atoms with Gasteiger partial charge in [-0.05, 0) is 103 Å². The highest BCUT2D eigenvalue weighted by Crippen LogP contribution is 2.17. The lowest BCUT2D eigenvalue weighted by Gasteiger charge is -2.18. The fraction of sp³-hybridized carbons (Fsp3) is 0.716. The second-order valence-electron chi connectivity index (χ2n) is 22.4.